The second kappa shape index (κ2) is 5.33. The van der Waals surface area contributed by atoms with Gasteiger partial charge in [0.2, 0.25) is 5.91 Å². The maximum Gasteiger partial charge on any atom is 0.221 e. The predicted octanol–water partition coefficient (Wildman–Crippen LogP) is 0.962. The lowest BCUT2D eigenvalue weighted by Gasteiger charge is -2.21. The fraction of sp³-hybridized carbons (Fsp3) is 0.714. The van der Waals surface area contributed by atoms with Crippen LogP contribution >= 0.6 is 0 Å². The van der Waals surface area contributed by atoms with Gasteiger partial charge in [-0.25, -0.2) is 4.98 Å². The Bertz CT molecular complexity index is 471. The first-order chi connectivity index (χ1) is 8.93. The monoisotopic (exact) mass is 264 g/mol. The second-order valence-corrected chi connectivity index (χ2v) is 6.08. The van der Waals surface area contributed by atoms with Gasteiger partial charge in [-0.05, 0) is 0 Å². The zero-order valence-electron chi connectivity index (χ0n) is 12.3. The number of fused-ring (bicyclic) bond motifs is 1. The van der Waals surface area contributed by atoms with Crippen molar-refractivity contribution in [1.29, 1.82) is 0 Å². The number of carbonyl (C=O) groups excluding carboxylic acids is 1. The van der Waals surface area contributed by atoms with E-state index in [-0.39, 0.29) is 11.3 Å². The van der Waals surface area contributed by atoms with Crippen molar-refractivity contribution >= 4 is 5.91 Å². The number of hydrogen-bond acceptors (Lipinski definition) is 3. The zero-order chi connectivity index (χ0) is 14.0. The minimum absolute atomic E-state index is 0.0000306. The van der Waals surface area contributed by atoms with Crippen LogP contribution in [0.1, 0.15) is 44.4 Å². The van der Waals surface area contributed by atoms with Crippen LogP contribution in [0.4, 0.5) is 0 Å². The Morgan fingerprint density at radius 2 is 2.21 bits per heavy atom. The average Bonchev–Trinajstić information content (AvgIpc) is 2.74. The van der Waals surface area contributed by atoms with E-state index in [1.807, 2.05) is 0 Å². The highest BCUT2D eigenvalue weighted by Crippen LogP contribution is 2.26. The van der Waals surface area contributed by atoms with Gasteiger partial charge < -0.3 is 15.2 Å². The summed E-state index contributed by atoms with van der Waals surface area (Å²) >= 11 is 0. The number of hydrogen-bond donors (Lipinski definition) is 2. The smallest absolute Gasteiger partial charge is 0.221 e. The van der Waals surface area contributed by atoms with Gasteiger partial charge in [-0.2, -0.15) is 0 Å². The molecule has 0 bridgehead atoms. The Morgan fingerprint density at radius 3 is 2.84 bits per heavy atom. The minimum atomic E-state index is 0.0000306. The molecular weight excluding hydrogens is 240 g/mol. The Labute approximate surface area is 114 Å². The summed E-state index contributed by atoms with van der Waals surface area (Å²) < 4.78 is 2.26. The third kappa shape index (κ3) is 2.97. The highest BCUT2D eigenvalue weighted by molar-refractivity contribution is 5.75. The highest BCUT2D eigenvalue weighted by Gasteiger charge is 2.26. The number of imidazole rings is 1. The first-order valence-corrected chi connectivity index (χ1v) is 6.93. The summed E-state index contributed by atoms with van der Waals surface area (Å²) in [6.07, 6.45) is 1.50. The summed E-state index contributed by atoms with van der Waals surface area (Å²) in [7, 11) is 1.68. The van der Waals surface area contributed by atoms with E-state index in [9.17, 15) is 4.79 Å². The lowest BCUT2D eigenvalue weighted by Crippen LogP contribution is -2.27. The summed E-state index contributed by atoms with van der Waals surface area (Å²) in [6, 6.07) is 0. The molecule has 1 aliphatic rings. The molecule has 0 radical (unpaired) electrons. The Morgan fingerprint density at radius 1 is 1.47 bits per heavy atom. The standard InChI is InChI=1S/C14H24N4O/c1-14(2,3)13-17-10-9-16-7-5-11(10)18(13)8-6-12(19)15-4/h16H,5-9H2,1-4H3,(H,15,19). The number of rotatable bonds is 3. The number of amides is 1. The van der Waals surface area contributed by atoms with Crippen LogP contribution in [0, 0.1) is 0 Å². The van der Waals surface area contributed by atoms with Gasteiger partial charge in [0, 0.05) is 50.6 Å². The van der Waals surface area contributed by atoms with Gasteiger partial charge in [0.1, 0.15) is 5.82 Å². The zero-order valence-corrected chi connectivity index (χ0v) is 12.3. The lowest BCUT2D eigenvalue weighted by molar-refractivity contribution is -0.120. The quantitative estimate of drug-likeness (QED) is 0.855. The predicted molar refractivity (Wildman–Crippen MR) is 75.0 cm³/mol. The first-order valence-electron chi connectivity index (χ1n) is 6.93. The molecule has 2 N–H and O–H groups in total. The molecule has 106 valence electrons. The van der Waals surface area contributed by atoms with Crippen molar-refractivity contribution in [1.82, 2.24) is 20.2 Å². The van der Waals surface area contributed by atoms with Gasteiger partial charge in [0.25, 0.3) is 0 Å². The van der Waals surface area contributed by atoms with E-state index in [1.165, 1.54) is 5.69 Å². The fourth-order valence-electron chi connectivity index (χ4n) is 2.52. The Hall–Kier alpha value is -1.36. The van der Waals surface area contributed by atoms with E-state index in [0.717, 1.165) is 31.0 Å². The summed E-state index contributed by atoms with van der Waals surface area (Å²) in [5.41, 5.74) is 2.45. The van der Waals surface area contributed by atoms with Crippen LogP contribution in [0.15, 0.2) is 0 Å². The molecule has 19 heavy (non-hydrogen) atoms. The summed E-state index contributed by atoms with van der Waals surface area (Å²) in [5.74, 6) is 1.17. The van der Waals surface area contributed by atoms with E-state index >= 15 is 0 Å². The summed E-state index contributed by atoms with van der Waals surface area (Å²) in [6.45, 7) is 9.06. The molecule has 0 spiro atoms. The molecule has 1 aliphatic heterocycles. The van der Waals surface area contributed by atoms with E-state index in [0.29, 0.717) is 13.0 Å². The molecule has 0 unspecified atom stereocenters. The third-order valence-corrected chi connectivity index (χ3v) is 3.50. The molecule has 5 nitrogen and oxygen atoms in total. The van der Waals surface area contributed by atoms with Crippen LogP contribution in [0.3, 0.4) is 0 Å². The van der Waals surface area contributed by atoms with E-state index in [1.54, 1.807) is 7.05 Å². The van der Waals surface area contributed by atoms with Crippen LogP contribution in [-0.2, 0) is 29.7 Å². The third-order valence-electron chi connectivity index (χ3n) is 3.50. The molecule has 0 saturated heterocycles. The fourth-order valence-corrected chi connectivity index (χ4v) is 2.52. The molecule has 0 aromatic carbocycles. The van der Waals surface area contributed by atoms with Gasteiger partial charge in [-0.15, -0.1) is 0 Å². The topological polar surface area (TPSA) is 59.0 Å². The molecule has 2 heterocycles. The van der Waals surface area contributed by atoms with Crippen LogP contribution in [-0.4, -0.2) is 29.1 Å². The van der Waals surface area contributed by atoms with Crippen molar-refractivity contribution in [3.05, 3.63) is 17.2 Å². The van der Waals surface area contributed by atoms with Crippen LogP contribution in [0.25, 0.3) is 0 Å². The molecule has 0 saturated carbocycles. The Balaban J connectivity index is 2.32. The lowest BCUT2D eigenvalue weighted by atomic mass is 9.95. The number of carbonyl (C=O) groups is 1. The maximum atomic E-state index is 11.5. The summed E-state index contributed by atoms with van der Waals surface area (Å²) in [4.78, 5) is 16.3. The van der Waals surface area contributed by atoms with Crippen molar-refractivity contribution < 1.29 is 4.79 Å². The highest BCUT2D eigenvalue weighted by atomic mass is 16.1. The van der Waals surface area contributed by atoms with Crippen LogP contribution in [0.5, 0.6) is 0 Å². The number of nitrogens with zero attached hydrogens (tertiary/aromatic N) is 2. The van der Waals surface area contributed by atoms with Crippen LogP contribution in [0.2, 0.25) is 0 Å². The van der Waals surface area contributed by atoms with Gasteiger partial charge in [-0.1, -0.05) is 20.8 Å². The van der Waals surface area contributed by atoms with Crippen molar-refractivity contribution in [3.63, 3.8) is 0 Å². The molecule has 1 aromatic rings. The molecule has 2 rings (SSSR count). The van der Waals surface area contributed by atoms with Gasteiger partial charge in [0.05, 0.1) is 5.69 Å². The average molecular weight is 264 g/mol. The SMILES string of the molecule is CNC(=O)CCn1c(C(C)(C)C)nc2c1CCNC2. The molecule has 0 aliphatic carbocycles. The second-order valence-electron chi connectivity index (χ2n) is 6.08. The molecular formula is C14H24N4O. The van der Waals surface area contributed by atoms with Crippen molar-refractivity contribution in [3.8, 4) is 0 Å². The van der Waals surface area contributed by atoms with E-state index < -0.39 is 0 Å². The molecule has 0 atom stereocenters. The molecule has 0 fully saturated rings. The van der Waals surface area contributed by atoms with Crippen molar-refractivity contribution in [2.75, 3.05) is 13.6 Å². The largest absolute Gasteiger partial charge is 0.359 e. The molecule has 5 heteroatoms. The van der Waals surface area contributed by atoms with E-state index in [2.05, 4.69) is 36.0 Å². The molecule has 1 amide bonds. The van der Waals surface area contributed by atoms with E-state index in [4.69, 9.17) is 4.98 Å². The number of aromatic nitrogens is 2. The molecule has 1 aromatic heterocycles. The van der Waals surface area contributed by atoms with Gasteiger partial charge in [-0.3, -0.25) is 4.79 Å². The first kappa shape index (κ1) is 14.1. The maximum absolute atomic E-state index is 11.5. The van der Waals surface area contributed by atoms with Crippen molar-refractivity contribution in [2.45, 2.75) is 52.1 Å². The van der Waals surface area contributed by atoms with Gasteiger partial charge >= 0.3 is 0 Å². The van der Waals surface area contributed by atoms with Crippen LogP contribution < -0.4 is 10.6 Å². The number of nitrogens with one attached hydrogen (secondary N) is 2. The van der Waals surface area contributed by atoms with Crippen molar-refractivity contribution in [2.24, 2.45) is 0 Å². The van der Waals surface area contributed by atoms with Gasteiger partial charge in [0.15, 0.2) is 0 Å². The normalized spacial score (nSPS) is 15.2. The summed E-state index contributed by atoms with van der Waals surface area (Å²) in [5, 5.41) is 6.03. The Kier molecular flexibility index (Phi) is 3.94. The minimum Gasteiger partial charge on any atom is -0.359 e.